The number of benzene rings is 2. The van der Waals surface area contributed by atoms with Gasteiger partial charge in [-0.05, 0) is 36.4 Å². The van der Waals surface area contributed by atoms with Crippen LogP contribution >= 0.6 is 46.1 Å². The van der Waals surface area contributed by atoms with Crippen LogP contribution in [0.4, 0.5) is 5.69 Å². The van der Waals surface area contributed by atoms with Crippen molar-refractivity contribution in [3.05, 3.63) is 56.3 Å². The van der Waals surface area contributed by atoms with Crippen LogP contribution in [0.3, 0.4) is 0 Å². The second kappa shape index (κ2) is 8.35. The first-order chi connectivity index (χ1) is 12.9. The number of nitrogens with one attached hydrogen (secondary N) is 1. The number of esters is 1. The van der Waals surface area contributed by atoms with E-state index >= 15 is 0 Å². The van der Waals surface area contributed by atoms with Crippen LogP contribution in [0.1, 0.15) is 9.67 Å². The molecule has 27 heavy (non-hydrogen) atoms. The zero-order chi connectivity index (χ0) is 19.6. The third-order valence-electron chi connectivity index (χ3n) is 3.56. The van der Waals surface area contributed by atoms with Gasteiger partial charge in [0.05, 0.1) is 22.2 Å². The van der Waals surface area contributed by atoms with Crippen molar-refractivity contribution in [1.82, 2.24) is 0 Å². The van der Waals surface area contributed by atoms with Gasteiger partial charge in [-0.15, -0.1) is 11.3 Å². The number of carbonyl (C=O) groups is 2. The van der Waals surface area contributed by atoms with E-state index in [1.54, 1.807) is 37.4 Å². The van der Waals surface area contributed by atoms with Gasteiger partial charge in [0.15, 0.2) is 6.61 Å². The smallest absolute Gasteiger partial charge is 0.350 e. The molecule has 0 radical (unpaired) electrons. The van der Waals surface area contributed by atoms with E-state index < -0.39 is 18.5 Å². The Kier molecular flexibility index (Phi) is 6.11. The lowest BCUT2D eigenvalue weighted by Crippen LogP contribution is -2.20. The fraction of sp³-hybridized carbons (Fsp3) is 0.111. The van der Waals surface area contributed by atoms with Gasteiger partial charge in [-0.2, -0.15) is 0 Å². The number of thiophene rings is 1. The summed E-state index contributed by atoms with van der Waals surface area (Å²) in [4.78, 5) is 24.5. The first-order valence-corrected chi connectivity index (χ1v) is 9.52. The molecular formula is C18H12Cl3NO4S. The van der Waals surface area contributed by atoms with Crippen molar-refractivity contribution in [1.29, 1.82) is 0 Å². The van der Waals surface area contributed by atoms with E-state index in [0.717, 1.165) is 10.1 Å². The normalized spacial score (nSPS) is 10.7. The average Bonchev–Trinajstić information content (AvgIpc) is 2.99. The molecule has 1 aromatic heterocycles. The molecule has 1 amide bonds. The number of hydrogen-bond donors (Lipinski definition) is 1. The molecular weight excluding hydrogens is 433 g/mol. The summed E-state index contributed by atoms with van der Waals surface area (Å²) in [6.07, 6.45) is 0. The van der Waals surface area contributed by atoms with E-state index in [2.05, 4.69) is 5.32 Å². The summed E-state index contributed by atoms with van der Waals surface area (Å²) in [5.41, 5.74) is 0.442. The Morgan fingerprint density at radius 3 is 2.56 bits per heavy atom. The molecule has 3 rings (SSSR count). The molecule has 5 nitrogen and oxygen atoms in total. The topological polar surface area (TPSA) is 64.6 Å². The largest absolute Gasteiger partial charge is 0.497 e. The Morgan fingerprint density at radius 1 is 1.07 bits per heavy atom. The van der Waals surface area contributed by atoms with E-state index in [9.17, 15) is 9.59 Å². The summed E-state index contributed by atoms with van der Waals surface area (Å²) < 4.78 is 11.0. The number of fused-ring (bicyclic) bond motifs is 1. The number of ether oxygens (including phenoxy) is 2. The lowest BCUT2D eigenvalue weighted by Gasteiger charge is -2.07. The van der Waals surface area contributed by atoms with E-state index in [1.165, 1.54) is 17.4 Å². The summed E-state index contributed by atoms with van der Waals surface area (Å²) in [5.74, 6) is -0.536. The van der Waals surface area contributed by atoms with Crippen LogP contribution < -0.4 is 10.1 Å². The summed E-state index contributed by atoms with van der Waals surface area (Å²) in [6, 6.07) is 9.93. The van der Waals surface area contributed by atoms with E-state index in [0.29, 0.717) is 21.5 Å². The Morgan fingerprint density at radius 2 is 1.85 bits per heavy atom. The third-order valence-corrected chi connectivity index (χ3v) is 5.94. The van der Waals surface area contributed by atoms with Gasteiger partial charge in [-0.25, -0.2) is 4.79 Å². The van der Waals surface area contributed by atoms with Crippen molar-refractivity contribution in [3.63, 3.8) is 0 Å². The fourth-order valence-corrected chi connectivity index (χ4v) is 4.00. The zero-order valence-electron chi connectivity index (χ0n) is 13.8. The highest BCUT2D eigenvalue weighted by Gasteiger charge is 2.20. The van der Waals surface area contributed by atoms with Crippen LogP contribution in [0.2, 0.25) is 15.1 Å². The van der Waals surface area contributed by atoms with Gasteiger partial charge in [0.1, 0.15) is 10.6 Å². The summed E-state index contributed by atoms with van der Waals surface area (Å²) in [7, 11) is 1.55. The highest BCUT2D eigenvalue weighted by atomic mass is 35.5. The second-order valence-corrected chi connectivity index (χ2v) is 7.61. The predicted molar refractivity (Wildman–Crippen MR) is 109 cm³/mol. The summed E-state index contributed by atoms with van der Waals surface area (Å²) >= 11 is 19.1. The number of rotatable bonds is 5. The third kappa shape index (κ3) is 4.47. The first-order valence-electron chi connectivity index (χ1n) is 7.57. The molecule has 1 N–H and O–H groups in total. The Balaban J connectivity index is 1.66. The number of halogens is 3. The van der Waals surface area contributed by atoms with Gasteiger partial charge in [0.25, 0.3) is 5.91 Å². The van der Waals surface area contributed by atoms with Crippen LogP contribution in [0.25, 0.3) is 10.1 Å². The van der Waals surface area contributed by atoms with Crippen LogP contribution in [-0.4, -0.2) is 25.6 Å². The van der Waals surface area contributed by atoms with E-state index in [-0.39, 0.29) is 9.90 Å². The molecule has 1 heterocycles. The van der Waals surface area contributed by atoms with Crippen molar-refractivity contribution in [2.45, 2.75) is 0 Å². The van der Waals surface area contributed by atoms with Crippen molar-refractivity contribution in [2.24, 2.45) is 0 Å². The molecule has 140 valence electrons. The average molecular weight is 445 g/mol. The molecule has 0 atom stereocenters. The van der Waals surface area contributed by atoms with Crippen LogP contribution in [0.15, 0.2) is 36.4 Å². The number of amides is 1. The molecule has 0 fully saturated rings. The lowest BCUT2D eigenvalue weighted by molar-refractivity contribution is -0.119. The molecule has 2 aromatic carbocycles. The molecule has 9 heteroatoms. The second-order valence-electron chi connectivity index (χ2n) is 5.36. The van der Waals surface area contributed by atoms with Crippen LogP contribution in [0.5, 0.6) is 5.75 Å². The van der Waals surface area contributed by atoms with Gasteiger partial charge >= 0.3 is 5.97 Å². The van der Waals surface area contributed by atoms with Gasteiger partial charge < -0.3 is 14.8 Å². The molecule has 0 saturated carbocycles. The molecule has 0 aliphatic rings. The Labute approximate surface area is 173 Å². The standard InChI is InChI=1S/C18H12Cl3NO4S/c1-25-10-3-4-11-14(7-10)27-17(16(11)21)18(24)26-8-15(23)22-9-2-5-12(19)13(20)6-9/h2-7H,8H2,1H3,(H,22,23). The Hall–Kier alpha value is -1.99. The highest BCUT2D eigenvalue weighted by molar-refractivity contribution is 7.21. The monoisotopic (exact) mass is 443 g/mol. The van der Waals surface area contributed by atoms with Crippen molar-refractivity contribution < 1.29 is 19.1 Å². The molecule has 0 aliphatic carbocycles. The molecule has 0 unspecified atom stereocenters. The summed E-state index contributed by atoms with van der Waals surface area (Å²) in [5, 5.41) is 4.25. The molecule has 0 spiro atoms. The highest BCUT2D eigenvalue weighted by Crippen LogP contribution is 2.37. The first kappa shape index (κ1) is 19.8. The number of carbonyl (C=O) groups excluding carboxylic acids is 2. The van der Waals surface area contributed by atoms with E-state index in [4.69, 9.17) is 44.3 Å². The minimum atomic E-state index is -0.676. The SMILES string of the molecule is COc1ccc2c(Cl)c(C(=O)OCC(=O)Nc3ccc(Cl)c(Cl)c3)sc2c1. The van der Waals surface area contributed by atoms with Gasteiger partial charge in [0.2, 0.25) is 0 Å². The van der Waals surface area contributed by atoms with Crippen molar-refractivity contribution >= 4 is 73.8 Å². The maximum absolute atomic E-state index is 12.3. The number of anilines is 1. The molecule has 0 saturated heterocycles. The predicted octanol–water partition coefficient (Wildman–Crippen LogP) is 5.67. The van der Waals surface area contributed by atoms with Crippen molar-refractivity contribution in [2.75, 3.05) is 19.0 Å². The van der Waals surface area contributed by atoms with Gasteiger partial charge in [-0.3, -0.25) is 4.79 Å². The molecule has 0 aliphatic heterocycles. The molecule has 0 bridgehead atoms. The minimum absolute atomic E-state index is 0.224. The maximum atomic E-state index is 12.3. The van der Waals surface area contributed by atoms with Crippen LogP contribution in [-0.2, 0) is 9.53 Å². The Bertz CT molecular complexity index is 1030. The summed E-state index contributed by atoms with van der Waals surface area (Å²) in [6.45, 7) is -0.465. The van der Waals surface area contributed by atoms with Crippen molar-refractivity contribution in [3.8, 4) is 5.75 Å². The van der Waals surface area contributed by atoms with Crippen LogP contribution in [0, 0.1) is 0 Å². The number of methoxy groups -OCH3 is 1. The number of hydrogen-bond acceptors (Lipinski definition) is 5. The minimum Gasteiger partial charge on any atom is -0.497 e. The molecule has 3 aromatic rings. The van der Waals surface area contributed by atoms with E-state index in [1.807, 2.05) is 0 Å². The lowest BCUT2D eigenvalue weighted by atomic mass is 10.2. The quantitative estimate of drug-likeness (QED) is 0.515. The van der Waals surface area contributed by atoms with Gasteiger partial charge in [0, 0.05) is 15.8 Å². The van der Waals surface area contributed by atoms with Gasteiger partial charge in [-0.1, -0.05) is 34.8 Å². The fourth-order valence-electron chi connectivity index (χ4n) is 2.27. The maximum Gasteiger partial charge on any atom is 0.350 e. The zero-order valence-corrected chi connectivity index (χ0v) is 16.9.